The van der Waals surface area contributed by atoms with Gasteiger partial charge in [-0.1, -0.05) is 18.2 Å². The van der Waals surface area contributed by atoms with Crippen LogP contribution < -0.4 is 24.3 Å². The largest absolute Gasteiger partial charge is 0.493 e. The quantitative estimate of drug-likeness (QED) is 0.532. The van der Waals surface area contributed by atoms with Crippen LogP contribution in [-0.2, 0) is 19.4 Å². The average molecular weight is 489 g/mol. The number of hydrogen-bond donors (Lipinski definition) is 1. The number of amides is 1. The second kappa shape index (κ2) is 9.74. The Morgan fingerprint density at radius 1 is 0.972 bits per heavy atom. The first-order valence-electron chi connectivity index (χ1n) is 12.1. The third-order valence-corrected chi connectivity index (χ3v) is 7.41. The third kappa shape index (κ3) is 3.84. The fourth-order valence-electron chi connectivity index (χ4n) is 5.66. The van der Waals surface area contributed by atoms with Crippen molar-refractivity contribution >= 4 is 5.91 Å². The molecular formula is C29H32N2O5. The molecule has 3 aromatic rings. The Morgan fingerprint density at radius 2 is 1.67 bits per heavy atom. The van der Waals surface area contributed by atoms with Gasteiger partial charge in [-0.25, -0.2) is 0 Å². The van der Waals surface area contributed by atoms with Crippen LogP contribution in [0, 0.1) is 0 Å². The molecule has 1 amide bonds. The molecule has 36 heavy (non-hydrogen) atoms. The maximum absolute atomic E-state index is 12.9. The predicted octanol–water partition coefficient (Wildman–Crippen LogP) is 4.40. The summed E-state index contributed by atoms with van der Waals surface area (Å²) in [6, 6.07) is 13.5. The Hall–Kier alpha value is -3.71. The van der Waals surface area contributed by atoms with E-state index in [-0.39, 0.29) is 11.9 Å². The summed E-state index contributed by atoms with van der Waals surface area (Å²) < 4.78 is 23.2. The van der Waals surface area contributed by atoms with Crippen molar-refractivity contribution in [2.75, 3.05) is 42.0 Å². The smallest absolute Gasteiger partial charge is 0.251 e. The number of benzene rings is 3. The van der Waals surface area contributed by atoms with E-state index in [0.717, 1.165) is 36.1 Å². The van der Waals surface area contributed by atoms with Crippen molar-refractivity contribution in [1.29, 1.82) is 0 Å². The number of methoxy groups -OCH3 is 4. The van der Waals surface area contributed by atoms with E-state index in [0.29, 0.717) is 35.1 Å². The van der Waals surface area contributed by atoms with Crippen LogP contribution in [0.3, 0.4) is 0 Å². The Morgan fingerprint density at radius 3 is 2.33 bits per heavy atom. The normalized spacial score (nSPS) is 16.0. The lowest BCUT2D eigenvalue weighted by atomic mass is 9.75. The molecule has 0 saturated carbocycles. The van der Waals surface area contributed by atoms with Crippen molar-refractivity contribution in [3.63, 3.8) is 0 Å². The van der Waals surface area contributed by atoms with Gasteiger partial charge in [-0.15, -0.1) is 0 Å². The Bertz CT molecular complexity index is 1310. The van der Waals surface area contributed by atoms with E-state index in [1.807, 2.05) is 36.4 Å². The molecule has 7 nitrogen and oxygen atoms in total. The maximum Gasteiger partial charge on any atom is 0.251 e. The number of carbonyl (C=O) groups is 1. The Labute approximate surface area is 211 Å². The molecule has 7 heteroatoms. The van der Waals surface area contributed by atoms with E-state index >= 15 is 0 Å². The highest BCUT2D eigenvalue weighted by atomic mass is 16.5. The summed E-state index contributed by atoms with van der Waals surface area (Å²) in [5, 5.41) is 3.10. The standard InChI is InChI=1S/C29H32N2O5/c1-31-12-11-19-21(16-30-29(32)17-9-7-6-8-10-17)27(35-4)28(36-5)26-20-15-24(34-3)23(33-2)14-18(20)13-22(31)25(19)26/h6-10,14-15,22H,11-13,16H2,1-5H3,(H,30,32)/t22-/m0/s1. The highest BCUT2D eigenvalue weighted by Crippen LogP contribution is 2.55. The van der Waals surface area contributed by atoms with Gasteiger partial charge in [0.15, 0.2) is 23.0 Å². The molecule has 0 saturated heterocycles. The zero-order chi connectivity index (χ0) is 25.4. The fourth-order valence-corrected chi connectivity index (χ4v) is 5.66. The molecule has 0 aromatic heterocycles. The minimum atomic E-state index is -0.117. The lowest BCUT2D eigenvalue weighted by Gasteiger charge is -2.42. The lowest BCUT2D eigenvalue weighted by Crippen LogP contribution is -2.37. The molecule has 2 aliphatic rings. The van der Waals surface area contributed by atoms with Crippen molar-refractivity contribution in [3.05, 3.63) is 70.3 Å². The second-order valence-electron chi connectivity index (χ2n) is 9.18. The minimum absolute atomic E-state index is 0.117. The number of hydrogen-bond acceptors (Lipinski definition) is 6. The van der Waals surface area contributed by atoms with Crippen LogP contribution in [0.2, 0.25) is 0 Å². The molecule has 1 aliphatic carbocycles. The molecule has 1 aliphatic heterocycles. The first-order chi connectivity index (χ1) is 17.5. The number of ether oxygens (including phenoxy) is 4. The van der Waals surface area contributed by atoms with Gasteiger partial charge in [0.2, 0.25) is 0 Å². The van der Waals surface area contributed by atoms with Gasteiger partial charge in [-0.3, -0.25) is 9.69 Å². The van der Waals surface area contributed by atoms with Crippen molar-refractivity contribution in [3.8, 4) is 34.1 Å². The van der Waals surface area contributed by atoms with Gasteiger partial charge in [0, 0.05) is 35.8 Å². The van der Waals surface area contributed by atoms with Gasteiger partial charge < -0.3 is 24.3 Å². The van der Waals surface area contributed by atoms with Gasteiger partial charge in [0.25, 0.3) is 5.91 Å². The molecule has 3 aromatic carbocycles. The molecule has 0 spiro atoms. The number of carbonyl (C=O) groups excluding carboxylic acids is 1. The first kappa shape index (κ1) is 24.0. The van der Waals surface area contributed by atoms with E-state index in [9.17, 15) is 4.79 Å². The van der Waals surface area contributed by atoms with Crippen molar-refractivity contribution < 1.29 is 23.7 Å². The molecule has 1 heterocycles. The monoisotopic (exact) mass is 488 g/mol. The number of nitrogens with one attached hydrogen (secondary N) is 1. The van der Waals surface area contributed by atoms with Crippen LogP contribution in [0.4, 0.5) is 0 Å². The van der Waals surface area contributed by atoms with Crippen molar-refractivity contribution in [2.45, 2.75) is 25.4 Å². The molecule has 0 bridgehead atoms. The molecule has 1 atom stereocenters. The summed E-state index contributed by atoms with van der Waals surface area (Å²) in [4.78, 5) is 15.3. The number of fused-ring (bicyclic) bond motifs is 2. The molecule has 0 radical (unpaired) electrons. The number of rotatable bonds is 7. The van der Waals surface area contributed by atoms with Crippen LogP contribution in [0.1, 0.15) is 38.7 Å². The van der Waals surface area contributed by atoms with Gasteiger partial charge >= 0.3 is 0 Å². The van der Waals surface area contributed by atoms with Gasteiger partial charge in [-0.2, -0.15) is 0 Å². The molecule has 5 rings (SSSR count). The Balaban J connectivity index is 1.69. The lowest BCUT2D eigenvalue weighted by molar-refractivity contribution is 0.0950. The molecule has 188 valence electrons. The summed E-state index contributed by atoms with van der Waals surface area (Å²) in [5.41, 5.74) is 7.33. The maximum atomic E-state index is 12.9. The number of nitrogens with zero attached hydrogens (tertiary/aromatic N) is 1. The Kier molecular flexibility index (Phi) is 6.49. The number of likely N-dealkylation sites (N-methyl/N-ethyl adjacent to an activating group) is 1. The summed E-state index contributed by atoms with van der Waals surface area (Å²) in [5.74, 6) is 2.60. The van der Waals surface area contributed by atoms with E-state index in [2.05, 4.69) is 23.3 Å². The van der Waals surface area contributed by atoms with Crippen LogP contribution >= 0.6 is 0 Å². The fraction of sp³-hybridized carbons (Fsp3) is 0.345. The SMILES string of the molecule is COc1cc2c(cc1OC)-c1c(OC)c(OC)c(CNC(=O)c3ccccc3)c3c1[C@H](C2)N(C)CC3. The van der Waals surface area contributed by atoms with Crippen LogP contribution in [-0.4, -0.2) is 52.8 Å². The van der Waals surface area contributed by atoms with Crippen molar-refractivity contribution in [1.82, 2.24) is 10.2 Å². The van der Waals surface area contributed by atoms with Crippen molar-refractivity contribution in [2.24, 2.45) is 0 Å². The molecule has 0 unspecified atom stereocenters. The minimum Gasteiger partial charge on any atom is -0.493 e. The van der Waals surface area contributed by atoms with Gasteiger partial charge in [0.1, 0.15) is 0 Å². The van der Waals surface area contributed by atoms with E-state index < -0.39 is 0 Å². The van der Waals surface area contributed by atoms with E-state index in [1.54, 1.807) is 28.4 Å². The zero-order valence-corrected chi connectivity index (χ0v) is 21.4. The van der Waals surface area contributed by atoms with Crippen LogP contribution in [0.5, 0.6) is 23.0 Å². The second-order valence-corrected chi connectivity index (χ2v) is 9.18. The zero-order valence-electron chi connectivity index (χ0n) is 21.4. The molecule has 0 fully saturated rings. The molecular weight excluding hydrogens is 456 g/mol. The summed E-state index contributed by atoms with van der Waals surface area (Å²) >= 11 is 0. The van der Waals surface area contributed by atoms with Gasteiger partial charge in [-0.05, 0) is 66.4 Å². The summed E-state index contributed by atoms with van der Waals surface area (Å²) in [6.07, 6.45) is 1.70. The average Bonchev–Trinajstić information content (AvgIpc) is 2.92. The van der Waals surface area contributed by atoms with E-state index in [4.69, 9.17) is 18.9 Å². The van der Waals surface area contributed by atoms with Crippen LogP contribution in [0.15, 0.2) is 42.5 Å². The van der Waals surface area contributed by atoms with Gasteiger partial charge in [0.05, 0.1) is 28.4 Å². The predicted molar refractivity (Wildman–Crippen MR) is 138 cm³/mol. The van der Waals surface area contributed by atoms with E-state index in [1.165, 1.54) is 16.7 Å². The third-order valence-electron chi connectivity index (χ3n) is 7.41. The topological polar surface area (TPSA) is 69.3 Å². The summed E-state index contributed by atoms with van der Waals surface area (Å²) in [6.45, 7) is 1.26. The van der Waals surface area contributed by atoms with Crippen LogP contribution in [0.25, 0.3) is 11.1 Å². The summed E-state index contributed by atoms with van der Waals surface area (Å²) in [7, 11) is 8.80. The first-order valence-corrected chi connectivity index (χ1v) is 12.1. The highest BCUT2D eigenvalue weighted by Gasteiger charge is 2.39. The highest BCUT2D eigenvalue weighted by molar-refractivity contribution is 5.94. The molecule has 1 N–H and O–H groups in total.